The molecule has 30 heavy (non-hydrogen) atoms. The number of methoxy groups -OCH3 is 1. The molecule has 0 bridgehead atoms. The first-order chi connectivity index (χ1) is 14.4. The van der Waals surface area contributed by atoms with Crippen molar-refractivity contribution in [2.24, 2.45) is 45.8 Å². The third-order valence-corrected chi connectivity index (χ3v) is 11.7. The molecule has 0 saturated heterocycles. The highest BCUT2D eigenvalue weighted by molar-refractivity contribution is 5.26. The molecule has 1 aromatic rings. The lowest BCUT2D eigenvalue weighted by molar-refractivity contribution is -0.134. The van der Waals surface area contributed by atoms with Crippen LogP contribution in [-0.2, 0) is 10.5 Å². The summed E-state index contributed by atoms with van der Waals surface area (Å²) < 4.78 is 7.54. The lowest BCUT2D eigenvalue weighted by atomic mass is 9.44. The SMILES string of the molecule is COCC1CCC2(C)C(CCC3C2CCC2(C)C3CCC23CC3(O)n2ccnc2)C1. The lowest BCUT2D eigenvalue weighted by Crippen LogP contribution is -2.54. The molecular weight excluding hydrogens is 372 g/mol. The van der Waals surface area contributed by atoms with Gasteiger partial charge in [-0.25, -0.2) is 4.98 Å². The third kappa shape index (κ3) is 2.28. The number of hydrogen-bond donors (Lipinski definition) is 1. The van der Waals surface area contributed by atoms with Crippen molar-refractivity contribution in [3.05, 3.63) is 18.7 Å². The van der Waals surface area contributed by atoms with Crippen molar-refractivity contribution in [1.29, 1.82) is 0 Å². The predicted octanol–water partition coefficient (Wildman–Crippen LogP) is 5.22. The van der Waals surface area contributed by atoms with E-state index in [4.69, 9.17) is 4.74 Å². The van der Waals surface area contributed by atoms with Gasteiger partial charge in [-0.05, 0) is 98.2 Å². The molecule has 1 heterocycles. The normalized spacial score (nSPS) is 54.5. The van der Waals surface area contributed by atoms with Gasteiger partial charge in [0.05, 0.1) is 6.33 Å². The van der Waals surface area contributed by atoms with Gasteiger partial charge in [-0.2, -0.15) is 0 Å². The van der Waals surface area contributed by atoms with Crippen molar-refractivity contribution in [2.75, 3.05) is 13.7 Å². The Balaban J connectivity index is 1.27. The van der Waals surface area contributed by atoms with Crippen LogP contribution in [0.5, 0.6) is 0 Å². The van der Waals surface area contributed by atoms with E-state index in [0.717, 1.165) is 42.6 Å². The molecule has 5 aliphatic rings. The Morgan fingerprint density at radius 3 is 2.67 bits per heavy atom. The quantitative estimate of drug-likeness (QED) is 0.740. The summed E-state index contributed by atoms with van der Waals surface area (Å²) in [4.78, 5) is 4.24. The van der Waals surface area contributed by atoms with E-state index in [9.17, 15) is 5.11 Å². The van der Waals surface area contributed by atoms with Gasteiger partial charge in [0.1, 0.15) is 5.72 Å². The number of nitrogens with zero attached hydrogens (tertiary/aromatic N) is 2. The van der Waals surface area contributed by atoms with E-state index in [0.29, 0.717) is 5.41 Å². The van der Waals surface area contributed by atoms with Crippen LogP contribution in [0.3, 0.4) is 0 Å². The molecule has 4 heteroatoms. The number of imidazole rings is 1. The summed E-state index contributed by atoms with van der Waals surface area (Å²) in [6.07, 6.45) is 18.7. The number of fused-ring (bicyclic) bond motifs is 6. The van der Waals surface area contributed by atoms with Gasteiger partial charge in [-0.1, -0.05) is 13.8 Å². The average molecular weight is 413 g/mol. The van der Waals surface area contributed by atoms with Crippen LogP contribution in [0.4, 0.5) is 0 Å². The Morgan fingerprint density at radius 2 is 1.90 bits per heavy atom. The zero-order valence-electron chi connectivity index (χ0n) is 19.1. The second-order valence-electron chi connectivity index (χ2n) is 12.3. The number of aliphatic hydroxyl groups is 1. The molecule has 1 aromatic heterocycles. The lowest BCUT2D eigenvalue weighted by Gasteiger charge is -2.61. The van der Waals surface area contributed by atoms with Gasteiger partial charge in [-0.15, -0.1) is 0 Å². The molecule has 0 aliphatic heterocycles. The second kappa shape index (κ2) is 6.34. The van der Waals surface area contributed by atoms with Crippen molar-refractivity contribution in [3.63, 3.8) is 0 Å². The van der Waals surface area contributed by atoms with E-state index in [1.165, 1.54) is 57.8 Å². The fourth-order valence-electron chi connectivity index (χ4n) is 10.0. The zero-order valence-corrected chi connectivity index (χ0v) is 19.1. The maximum Gasteiger partial charge on any atom is 0.149 e. The molecule has 5 aliphatic carbocycles. The maximum atomic E-state index is 11.7. The Morgan fingerprint density at radius 1 is 1.07 bits per heavy atom. The topological polar surface area (TPSA) is 47.3 Å². The molecule has 6 rings (SSSR count). The Hall–Kier alpha value is -0.870. The van der Waals surface area contributed by atoms with Gasteiger partial charge in [0.15, 0.2) is 0 Å². The van der Waals surface area contributed by atoms with E-state index in [-0.39, 0.29) is 10.8 Å². The minimum absolute atomic E-state index is 0.0736. The Kier molecular flexibility index (Phi) is 4.18. The first-order valence-electron chi connectivity index (χ1n) is 12.6. The zero-order chi connectivity index (χ0) is 20.8. The molecule has 4 nitrogen and oxygen atoms in total. The molecule has 5 saturated carbocycles. The summed E-state index contributed by atoms with van der Waals surface area (Å²) in [5, 5.41) is 11.7. The number of aromatic nitrogens is 2. The van der Waals surface area contributed by atoms with Gasteiger partial charge in [0.2, 0.25) is 0 Å². The van der Waals surface area contributed by atoms with Crippen molar-refractivity contribution >= 4 is 0 Å². The highest BCUT2D eigenvalue weighted by Crippen LogP contribution is 2.81. The van der Waals surface area contributed by atoms with Crippen LogP contribution >= 0.6 is 0 Å². The second-order valence-corrected chi connectivity index (χ2v) is 12.3. The van der Waals surface area contributed by atoms with Crippen LogP contribution in [0, 0.1) is 45.8 Å². The maximum absolute atomic E-state index is 11.7. The van der Waals surface area contributed by atoms with Crippen LogP contribution < -0.4 is 0 Å². The fourth-order valence-corrected chi connectivity index (χ4v) is 10.0. The predicted molar refractivity (Wildman–Crippen MR) is 117 cm³/mol. The first kappa shape index (κ1) is 19.8. The van der Waals surface area contributed by atoms with Gasteiger partial charge >= 0.3 is 0 Å². The number of ether oxygens (including phenoxy) is 1. The standard InChI is InChI=1S/C26H40N2O2/c1-23-9-6-18(15-30-3)14-19(23)4-5-20-21(23)7-10-24(2)22(20)8-11-25(24)16-26(25,29)28-13-12-27-17-28/h12-13,17-22,29H,4-11,14-16H2,1-3H3. The summed E-state index contributed by atoms with van der Waals surface area (Å²) in [6, 6.07) is 0. The molecule has 1 spiro atoms. The van der Waals surface area contributed by atoms with Gasteiger partial charge in [-0.3, -0.25) is 0 Å². The van der Waals surface area contributed by atoms with Crippen molar-refractivity contribution in [3.8, 4) is 0 Å². The molecule has 5 fully saturated rings. The largest absolute Gasteiger partial charge is 0.384 e. The van der Waals surface area contributed by atoms with Crippen LogP contribution in [0.25, 0.3) is 0 Å². The number of rotatable bonds is 3. The molecule has 1 N–H and O–H groups in total. The van der Waals surface area contributed by atoms with E-state index >= 15 is 0 Å². The summed E-state index contributed by atoms with van der Waals surface area (Å²) >= 11 is 0. The van der Waals surface area contributed by atoms with Crippen LogP contribution in [0.15, 0.2) is 18.7 Å². The van der Waals surface area contributed by atoms with Crippen molar-refractivity contribution < 1.29 is 9.84 Å². The third-order valence-electron chi connectivity index (χ3n) is 11.7. The smallest absolute Gasteiger partial charge is 0.149 e. The van der Waals surface area contributed by atoms with Gasteiger partial charge < -0.3 is 14.4 Å². The van der Waals surface area contributed by atoms with Crippen LogP contribution in [0.2, 0.25) is 0 Å². The molecule has 166 valence electrons. The Bertz CT molecular complexity index is 810. The molecular formula is C26H40N2O2. The summed E-state index contributed by atoms with van der Waals surface area (Å²) in [7, 11) is 1.87. The van der Waals surface area contributed by atoms with E-state index in [1.54, 1.807) is 0 Å². The minimum Gasteiger partial charge on any atom is -0.384 e. The van der Waals surface area contributed by atoms with Crippen LogP contribution in [-0.4, -0.2) is 28.4 Å². The Labute approximate surface area is 181 Å². The molecule has 9 unspecified atom stereocenters. The summed E-state index contributed by atoms with van der Waals surface area (Å²) in [5.74, 6) is 4.24. The number of hydrogen-bond acceptors (Lipinski definition) is 3. The van der Waals surface area contributed by atoms with E-state index in [2.05, 4.69) is 18.8 Å². The average Bonchev–Trinajstić information content (AvgIpc) is 3.06. The first-order valence-corrected chi connectivity index (χ1v) is 12.6. The van der Waals surface area contributed by atoms with Gasteiger partial charge in [0, 0.05) is 37.9 Å². The summed E-state index contributed by atoms with van der Waals surface area (Å²) in [6.45, 7) is 6.17. The monoisotopic (exact) mass is 412 g/mol. The van der Waals surface area contributed by atoms with Crippen molar-refractivity contribution in [1.82, 2.24) is 9.55 Å². The fraction of sp³-hybridized carbons (Fsp3) is 0.885. The highest BCUT2D eigenvalue weighted by Gasteiger charge is 2.80. The van der Waals surface area contributed by atoms with Gasteiger partial charge in [0.25, 0.3) is 0 Å². The van der Waals surface area contributed by atoms with E-state index < -0.39 is 5.72 Å². The molecule has 9 atom stereocenters. The van der Waals surface area contributed by atoms with Crippen LogP contribution in [0.1, 0.15) is 78.1 Å². The molecule has 0 amide bonds. The summed E-state index contributed by atoms with van der Waals surface area (Å²) in [5.41, 5.74) is 0.196. The van der Waals surface area contributed by atoms with Crippen molar-refractivity contribution in [2.45, 2.75) is 83.8 Å². The molecule has 0 aromatic carbocycles. The minimum atomic E-state index is -0.695. The molecule has 0 radical (unpaired) electrons. The van der Waals surface area contributed by atoms with E-state index in [1.807, 2.05) is 30.4 Å². The highest BCUT2D eigenvalue weighted by atomic mass is 16.5.